The first-order chi connectivity index (χ1) is 11.9. The van der Waals surface area contributed by atoms with Crippen molar-refractivity contribution in [2.45, 2.75) is 31.6 Å². The van der Waals surface area contributed by atoms with E-state index < -0.39 is 0 Å². The summed E-state index contributed by atoms with van der Waals surface area (Å²) in [5.74, 6) is 1.11. The van der Waals surface area contributed by atoms with Crippen molar-refractivity contribution in [1.82, 2.24) is 0 Å². The maximum atomic E-state index is 2.49. The van der Waals surface area contributed by atoms with Gasteiger partial charge in [0, 0.05) is 5.92 Å². The van der Waals surface area contributed by atoms with Crippen LogP contribution in [0.15, 0.2) is 85.0 Å². The summed E-state index contributed by atoms with van der Waals surface area (Å²) in [6.07, 6.45) is 16.2. The number of hydrogen-bond acceptors (Lipinski definition) is 0. The maximum Gasteiger partial charge on any atom is 0.00979 e. The molecule has 0 N–H and O–H groups in total. The molecule has 120 valence electrons. The summed E-state index contributed by atoms with van der Waals surface area (Å²) in [4.78, 5) is 0. The second-order valence-corrected chi connectivity index (χ2v) is 6.86. The molecule has 0 spiro atoms. The highest BCUT2D eigenvalue weighted by atomic mass is 14.3. The van der Waals surface area contributed by atoms with Crippen molar-refractivity contribution in [1.29, 1.82) is 0 Å². The van der Waals surface area contributed by atoms with E-state index in [1.165, 1.54) is 35.1 Å². The molecule has 4 rings (SSSR count). The molecule has 0 heteroatoms. The molecule has 2 aliphatic rings. The lowest BCUT2D eigenvalue weighted by atomic mass is 9.76. The van der Waals surface area contributed by atoms with Gasteiger partial charge < -0.3 is 0 Å². The van der Waals surface area contributed by atoms with Crippen molar-refractivity contribution in [3.05, 3.63) is 102 Å². The quantitative estimate of drug-likeness (QED) is 0.619. The second-order valence-electron chi connectivity index (χ2n) is 6.86. The van der Waals surface area contributed by atoms with Crippen LogP contribution in [0, 0.1) is 5.92 Å². The van der Waals surface area contributed by atoms with Gasteiger partial charge in [-0.1, -0.05) is 85.0 Å². The summed E-state index contributed by atoms with van der Waals surface area (Å²) in [6, 6.07) is 20.0. The molecule has 0 fully saturated rings. The Bertz CT molecular complexity index is 777. The lowest BCUT2D eigenvalue weighted by Gasteiger charge is -2.28. The first-order valence-corrected chi connectivity index (χ1v) is 9.08. The predicted molar refractivity (Wildman–Crippen MR) is 103 cm³/mol. The minimum absolute atomic E-state index is 0.480. The van der Waals surface area contributed by atoms with Gasteiger partial charge in [-0.05, 0) is 53.9 Å². The molecule has 2 aromatic rings. The van der Waals surface area contributed by atoms with Gasteiger partial charge >= 0.3 is 0 Å². The van der Waals surface area contributed by atoms with E-state index in [-0.39, 0.29) is 0 Å². The molecule has 0 saturated heterocycles. The van der Waals surface area contributed by atoms with Gasteiger partial charge in [0.1, 0.15) is 0 Å². The second kappa shape index (κ2) is 7.05. The Morgan fingerprint density at radius 1 is 0.917 bits per heavy atom. The van der Waals surface area contributed by atoms with Gasteiger partial charge in [-0.25, -0.2) is 0 Å². The summed E-state index contributed by atoms with van der Waals surface area (Å²) >= 11 is 0. The van der Waals surface area contributed by atoms with Gasteiger partial charge in [0.05, 0.1) is 0 Å². The number of allylic oxidation sites excluding steroid dienone is 6. The third kappa shape index (κ3) is 3.14. The average molecular weight is 312 g/mol. The number of fused-ring (bicyclic) bond motifs is 1. The van der Waals surface area contributed by atoms with E-state index in [0.717, 1.165) is 12.8 Å². The van der Waals surface area contributed by atoms with Crippen molar-refractivity contribution < 1.29 is 0 Å². The summed E-state index contributed by atoms with van der Waals surface area (Å²) in [5, 5.41) is 0. The van der Waals surface area contributed by atoms with Crippen molar-refractivity contribution in [3.63, 3.8) is 0 Å². The first kappa shape index (κ1) is 15.2. The fraction of sp³-hybridized carbons (Fsp3) is 0.250. The number of rotatable bonds is 4. The zero-order valence-electron chi connectivity index (χ0n) is 14.1. The standard InChI is InChI=1S/C24H24/c1-3-10-19(11-4-1)18-24(21-12-5-2-6-13-21)23-17-9-15-20-14-7-8-16-22(20)23/h1-8,10,12-14,16-17,19,24H,9,11,15,18H2. The number of aryl methyl sites for hydroxylation is 1. The van der Waals surface area contributed by atoms with Crippen molar-refractivity contribution >= 4 is 5.57 Å². The zero-order valence-corrected chi connectivity index (χ0v) is 14.1. The summed E-state index contributed by atoms with van der Waals surface area (Å²) in [7, 11) is 0. The molecule has 2 aliphatic carbocycles. The molecule has 0 heterocycles. The van der Waals surface area contributed by atoms with Crippen LogP contribution in [0.2, 0.25) is 0 Å². The van der Waals surface area contributed by atoms with E-state index in [1.54, 1.807) is 0 Å². The third-order valence-corrected chi connectivity index (χ3v) is 5.29. The number of benzene rings is 2. The molecule has 0 aliphatic heterocycles. The van der Waals surface area contributed by atoms with Gasteiger partial charge in [-0.3, -0.25) is 0 Å². The summed E-state index contributed by atoms with van der Waals surface area (Å²) in [6.45, 7) is 0. The Hall–Kier alpha value is -2.34. The van der Waals surface area contributed by atoms with Crippen LogP contribution >= 0.6 is 0 Å². The van der Waals surface area contributed by atoms with Gasteiger partial charge in [-0.15, -0.1) is 0 Å². The van der Waals surface area contributed by atoms with E-state index in [4.69, 9.17) is 0 Å². The molecule has 2 unspecified atom stereocenters. The van der Waals surface area contributed by atoms with Crippen molar-refractivity contribution in [2.75, 3.05) is 0 Å². The van der Waals surface area contributed by atoms with Gasteiger partial charge in [0.15, 0.2) is 0 Å². The lowest BCUT2D eigenvalue weighted by molar-refractivity contribution is 0.563. The first-order valence-electron chi connectivity index (χ1n) is 9.08. The molecule has 2 atom stereocenters. The minimum atomic E-state index is 0.480. The average Bonchev–Trinajstić information content (AvgIpc) is 2.67. The molecular formula is C24H24. The fourth-order valence-corrected chi connectivity index (χ4v) is 4.08. The molecular weight excluding hydrogens is 288 g/mol. The van der Waals surface area contributed by atoms with Gasteiger partial charge in [-0.2, -0.15) is 0 Å². The van der Waals surface area contributed by atoms with Crippen LogP contribution in [0.5, 0.6) is 0 Å². The molecule has 0 amide bonds. The highest BCUT2D eigenvalue weighted by molar-refractivity contribution is 5.75. The SMILES string of the molecule is C1=CCC(CC(C2=CCCc3ccccc32)c2ccccc2)C=C1. The highest BCUT2D eigenvalue weighted by Gasteiger charge is 2.24. The van der Waals surface area contributed by atoms with Crippen LogP contribution < -0.4 is 0 Å². The van der Waals surface area contributed by atoms with Crippen LogP contribution in [-0.2, 0) is 6.42 Å². The van der Waals surface area contributed by atoms with Crippen LogP contribution in [-0.4, -0.2) is 0 Å². The van der Waals surface area contributed by atoms with Gasteiger partial charge in [0.25, 0.3) is 0 Å². The highest BCUT2D eigenvalue weighted by Crippen LogP contribution is 2.41. The largest absolute Gasteiger partial charge is 0.0840 e. The minimum Gasteiger partial charge on any atom is -0.0840 e. The Morgan fingerprint density at radius 3 is 2.58 bits per heavy atom. The Kier molecular flexibility index (Phi) is 4.46. The predicted octanol–water partition coefficient (Wildman–Crippen LogP) is 6.32. The molecule has 0 bridgehead atoms. The molecule has 0 radical (unpaired) electrons. The topological polar surface area (TPSA) is 0 Å². The summed E-state index contributed by atoms with van der Waals surface area (Å²) in [5.41, 5.74) is 5.96. The van der Waals surface area contributed by atoms with Crippen molar-refractivity contribution in [3.8, 4) is 0 Å². The smallest absolute Gasteiger partial charge is 0.00979 e. The van der Waals surface area contributed by atoms with Crippen LogP contribution in [0.4, 0.5) is 0 Å². The van der Waals surface area contributed by atoms with Crippen LogP contribution in [0.25, 0.3) is 5.57 Å². The number of hydrogen-bond donors (Lipinski definition) is 0. The summed E-state index contributed by atoms with van der Waals surface area (Å²) < 4.78 is 0. The monoisotopic (exact) mass is 312 g/mol. The molecule has 24 heavy (non-hydrogen) atoms. The van der Waals surface area contributed by atoms with E-state index in [0.29, 0.717) is 11.8 Å². The molecule has 0 nitrogen and oxygen atoms in total. The van der Waals surface area contributed by atoms with Crippen LogP contribution in [0.1, 0.15) is 41.9 Å². The molecule has 2 aromatic carbocycles. The van der Waals surface area contributed by atoms with Crippen molar-refractivity contribution in [2.24, 2.45) is 5.92 Å². The Balaban J connectivity index is 1.71. The van der Waals surface area contributed by atoms with E-state index in [2.05, 4.69) is 85.0 Å². The van der Waals surface area contributed by atoms with Gasteiger partial charge in [0.2, 0.25) is 0 Å². The third-order valence-electron chi connectivity index (χ3n) is 5.29. The zero-order chi connectivity index (χ0) is 16.2. The lowest BCUT2D eigenvalue weighted by Crippen LogP contribution is -2.12. The van der Waals surface area contributed by atoms with E-state index >= 15 is 0 Å². The molecule has 0 aromatic heterocycles. The Labute approximate surface area is 145 Å². The Morgan fingerprint density at radius 2 is 1.75 bits per heavy atom. The normalized spacial score (nSPS) is 20.3. The molecule has 0 saturated carbocycles. The van der Waals surface area contributed by atoms with E-state index in [1.807, 2.05) is 0 Å². The maximum absolute atomic E-state index is 2.49. The van der Waals surface area contributed by atoms with Crippen LogP contribution in [0.3, 0.4) is 0 Å². The van der Waals surface area contributed by atoms with E-state index in [9.17, 15) is 0 Å². The fourth-order valence-electron chi connectivity index (χ4n) is 4.08.